The number of ether oxygens (including phenoxy) is 1. The van der Waals surface area contributed by atoms with Crippen molar-refractivity contribution in [2.75, 3.05) is 0 Å². The smallest absolute Gasteiger partial charge is 0.298 e. The van der Waals surface area contributed by atoms with Gasteiger partial charge in [0.15, 0.2) is 0 Å². The zero-order valence-corrected chi connectivity index (χ0v) is 5.19. The molecule has 0 aromatic heterocycles. The summed E-state index contributed by atoms with van der Waals surface area (Å²) >= 11 is 0. The van der Waals surface area contributed by atoms with Gasteiger partial charge >= 0.3 is 6.36 Å². The standard InChI is InChI=1S/C5H6BF3O/c1-2-3-4(6)10-5(7,8)9/h2,4H,1,3H2. The van der Waals surface area contributed by atoms with Gasteiger partial charge in [-0.3, -0.25) is 4.74 Å². The molecule has 0 aromatic carbocycles. The summed E-state index contributed by atoms with van der Waals surface area (Å²) in [5.74, 6) is 0. The maximum atomic E-state index is 11.3. The van der Waals surface area contributed by atoms with Crippen LogP contribution in [-0.4, -0.2) is 20.2 Å². The molecule has 0 heterocycles. The predicted octanol–water partition coefficient (Wildman–Crippen LogP) is 1.59. The van der Waals surface area contributed by atoms with E-state index in [2.05, 4.69) is 11.3 Å². The monoisotopic (exact) mass is 150 g/mol. The Kier molecular flexibility index (Phi) is 3.49. The molecule has 1 nitrogen and oxygen atoms in total. The van der Waals surface area contributed by atoms with Crippen molar-refractivity contribution in [2.24, 2.45) is 0 Å². The normalized spacial score (nSPS) is 14.7. The van der Waals surface area contributed by atoms with Gasteiger partial charge in [0.25, 0.3) is 0 Å². The first-order valence-electron chi connectivity index (χ1n) is 2.56. The van der Waals surface area contributed by atoms with Crippen LogP contribution in [0.3, 0.4) is 0 Å². The van der Waals surface area contributed by atoms with Crippen molar-refractivity contribution in [1.82, 2.24) is 0 Å². The second kappa shape index (κ2) is 3.66. The SMILES string of the molecule is [B]C(CC=C)OC(F)(F)F. The molecule has 0 rings (SSSR count). The Hall–Kier alpha value is -0.445. The average molecular weight is 150 g/mol. The van der Waals surface area contributed by atoms with Crippen molar-refractivity contribution in [1.29, 1.82) is 0 Å². The Morgan fingerprint density at radius 1 is 1.60 bits per heavy atom. The number of halogens is 3. The van der Waals surface area contributed by atoms with Crippen LogP contribution in [0.15, 0.2) is 12.7 Å². The Balaban J connectivity index is 3.56. The molecule has 0 amide bonds. The van der Waals surface area contributed by atoms with Crippen molar-refractivity contribution in [3.63, 3.8) is 0 Å². The highest BCUT2D eigenvalue weighted by atomic mass is 19.4. The third kappa shape index (κ3) is 5.69. The van der Waals surface area contributed by atoms with Crippen molar-refractivity contribution in [2.45, 2.75) is 18.8 Å². The number of hydrogen-bond donors (Lipinski definition) is 0. The third-order valence-corrected chi connectivity index (χ3v) is 0.684. The van der Waals surface area contributed by atoms with E-state index in [-0.39, 0.29) is 6.42 Å². The van der Waals surface area contributed by atoms with Gasteiger partial charge in [0.2, 0.25) is 0 Å². The van der Waals surface area contributed by atoms with Crippen molar-refractivity contribution >= 4 is 7.85 Å². The van der Waals surface area contributed by atoms with E-state index in [0.29, 0.717) is 0 Å². The number of hydrogen-bond acceptors (Lipinski definition) is 1. The highest BCUT2D eigenvalue weighted by molar-refractivity contribution is 6.11. The fourth-order valence-corrected chi connectivity index (χ4v) is 0.384. The first-order valence-corrected chi connectivity index (χ1v) is 2.56. The lowest BCUT2D eigenvalue weighted by molar-refractivity contribution is -0.331. The molecular weight excluding hydrogens is 144 g/mol. The molecular formula is C5H6BF3O. The molecule has 0 fully saturated rings. The lowest BCUT2D eigenvalue weighted by Crippen LogP contribution is -2.23. The van der Waals surface area contributed by atoms with Crippen LogP contribution in [0.4, 0.5) is 13.2 Å². The average Bonchev–Trinajstić information content (AvgIpc) is 1.59. The maximum Gasteiger partial charge on any atom is 0.522 e. The summed E-state index contributed by atoms with van der Waals surface area (Å²) in [6, 6.07) is -1.34. The van der Waals surface area contributed by atoms with E-state index in [1.807, 2.05) is 0 Å². The molecule has 0 aliphatic carbocycles. The van der Waals surface area contributed by atoms with Crippen molar-refractivity contribution < 1.29 is 17.9 Å². The van der Waals surface area contributed by atoms with E-state index < -0.39 is 12.4 Å². The molecule has 0 aliphatic heterocycles. The van der Waals surface area contributed by atoms with Gasteiger partial charge in [-0.2, -0.15) is 0 Å². The molecule has 10 heavy (non-hydrogen) atoms. The van der Waals surface area contributed by atoms with E-state index in [9.17, 15) is 13.2 Å². The molecule has 1 unspecified atom stereocenters. The largest absolute Gasteiger partial charge is 0.522 e. The molecule has 1 atom stereocenters. The maximum absolute atomic E-state index is 11.3. The fourth-order valence-electron chi connectivity index (χ4n) is 0.384. The Labute approximate surface area is 58.3 Å². The van der Waals surface area contributed by atoms with Crippen LogP contribution in [0.5, 0.6) is 0 Å². The van der Waals surface area contributed by atoms with E-state index in [1.165, 1.54) is 6.08 Å². The summed E-state index contributed by atoms with van der Waals surface area (Å²) in [5.41, 5.74) is 0. The Morgan fingerprint density at radius 2 is 2.10 bits per heavy atom. The fraction of sp³-hybridized carbons (Fsp3) is 0.600. The summed E-state index contributed by atoms with van der Waals surface area (Å²) in [6.07, 6.45) is -3.40. The molecule has 56 valence electrons. The molecule has 0 spiro atoms. The second-order valence-corrected chi connectivity index (χ2v) is 1.63. The topological polar surface area (TPSA) is 9.23 Å². The second-order valence-electron chi connectivity index (χ2n) is 1.63. The van der Waals surface area contributed by atoms with Crippen LogP contribution < -0.4 is 0 Å². The minimum atomic E-state index is -4.65. The molecule has 0 saturated heterocycles. The quantitative estimate of drug-likeness (QED) is 0.438. The van der Waals surface area contributed by atoms with E-state index >= 15 is 0 Å². The van der Waals surface area contributed by atoms with Gasteiger partial charge < -0.3 is 0 Å². The molecule has 5 heteroatoms. The number of rotatable bonds is 3. The van der Waals surface area contributed by atoms with Crippen LogP contribution in [0.25, 0.3) is 0 Å². The van der Waals surface area contributed by atoms with Gasteiger partial charge in [0.05, 0.1) is 0 Å². The zero-order chi connectivity index (χ0) is 8.20. The lowest BCUT2D eigenvalue weighted by atomic mass is 9.97. The van der Waals surface area contributed by atoms with Crippen LogP contribution >= 0.6 is 0 Å². The highest BCUT2D eigenvalue weighted by Crippen LogP contribution is 2.18. The van der Waals surface area contributed by atoms with Gasteiger partial charge in [0, 0.05) is 6.00 Å². The van der Waals surface area contributed by atoms with Crippen LogP contribution in [-0.2, 0) is 4.74 Å². The predicted molar refractivity (Wildman–Crippen MR) is 31.5 cm³/mol. The summed E-state index contributed by atoms with van der Waals surface area (Å²) in [5, 5.41) is 0. The van der Waals surface area contributed by atoms with Gasteiger partial charge in [-0.1, -0.05) is 6.08 Å². The van der Waals surface area contributed by atoms with Gasteiger partial charge in [0.1, 0.15) is 7.85 Å². The van der Waals surface area contributed by atoms with Gasteiger partial charge in [-0.25, -0.2) is 0 Å². The van der Waals surface area contributed by atoms with Crippen molar-refractivity contribution in [3.05, 3.63) is 12.7 Å². The van der Waals surface area contributed by atoms with Gasteiger partial charge in [-0.15, -0.1) is 19.8 Å². The van der Waals surface area contributed by atoms with Gasteiger partial charge in [-0.05, 0) is 6.42 Å². The molecule has 2 radical (unpaired) electrons. The number of alkyl halides is 3. The van der Waals surface area contributed by atoms with Crippen molar-refractivity contribution in [3.8, 4) is 0 Å². The van der Waals surface area contributed by atoms with Crippen LogP contribution in [0.2, 0.25) is 0 Å². The lowest BCUT2D eigenvalue weighted by Gasteiger charge is -2.12. The summed E-state index contributed by atoms with van der Waals surface area (Å²) in [6.45, 7) is 3.20. The van der Waals surface area contributed by atoms with Crippen LogP contribution in [0.1, 0.15) is 6.42 Å². The minimum Gasteiger partial charge on any atom is -0.298 e. The Morgan fingerprint density at radius 3 is 2.40 bits per heavy atom. The zero-order valence-electron chi connectivity index (χ0n) is 5.19. The summed E-state index contributed by atoms with van der Waals surface area (Å²) < 4.78 is 37.3. The van der Waals surface area contributed by atoms with E-state index in [0.717, 1.165) is 0 Å². The van der Waals surface area contributed by atoms with E-state index in [1.54, 1.807) is 0 Å². The first kappa shape index (κ1) is 9.55. The summed E-state index contributed by atoms with van der Waals surface area (Å²) in [7, 11) is 4.86. The summed E-state index contributed by atoms with van der Waals surface area (Å²) in [4.78, 5) is 0. The highest BCUT2D eigenvalue weighted by Gasteiger charge is 2.30. The molecule has 0 aromatic rings. The minimum absolute atomic E-state index is 0.0144. The Bertz CT molecular complexity index is 112. The molecule has 0 bridgehead atoms. The molecule has 0 aliphatic rings. The third-order valence-electron chi connectivity index (χ3n) is 0.684. The van der Waals surface area contributed by atoms with E-state index in [4.69, 9.17) is 7.85 Å². The van der Waals surface area contributed by atoms with Crippen LogP contribution in [0, 0.1) is 0 Å². The first-order chi connectivity index (χ1) is 4.45. The molecule has 0 N–H and O–H groups in total. The molecule has 0 saturated carbocycles.